The minimum absolute atomic E-state index is 0.0396. The zero-order valence-electron chi connectivity index (χ0n) is 16.3. The third-order valence-corrected chi connectivity index (χ3v) is 6.90. The summed E-state index contributed by atoms with van der Waals surface area (Å²) >= 11 is 0. The molecule has 0 unspecified atom stereocenters. The summed E-state index contributed by atoms with van der Waals surface area (Å²) < 4.78 is 69.7. The molecule has 3 rings (SSSR count). The molecular weight excluding hydrogens is 407 g/mol. The van der Waals surface area contributed by atoms with Crippen molar-refractivity contribution in [1.29, 1.82) is 0 Å². The zero-order chi connectivity index (χ0) is 21.2. The third kappa shape index (κ3) is 5.30. The number of sulfonamides is 1. The van der Waals surface area contributed by atoms with E-state index in [2.05, 4.69) is 28.1 Å². The van der Waals surface area contributed by atoms with E-state index >= 15 is 0 Å². The molecule has 1 aliphatic rings. The molecule has 2 heterocycles. The van der Waals surface area contributed by atoms with Gasteiger partial charge in [-0.1, -0.05) is 13.8 Å². The van der Waals surface area contributed by atoms with Crippen LogP contribution < -0.4 is 4.74 Å². The number of benzene rings is 1. The van der Waals surface area contributed by atoms with E-state index < -0.39 is 22.1 Å². The van der Waals surface area contributed by atoms with Crippen molar-refractivity contribution in [3.63, 3.8) is 0 Å². The molecule has 10 heteroatoms. The Labute approximate surface area is 168 Å². The van der Waals surface area contributed by atoms with Crippen LogP contribution >= 0.6 is 0 Å². The van der Waals surface area contributed by atoms with Crippen LogP contribution in [0.1, 0.15) is 38.4 Å². The lowest BCUT2D eigenvalue weighted by Crippen LogP contribution is -2.39. The van der Waals surface area contributed by atoms with Crippen molar-refractivity contribution in [2.24, 2.45) is 5.92 Å². The minimum Gasteiger partial charge on any atom is -0.406 e. The number of halogens is 3. The molecule has 0 radical (unpaired) electrons. The van der Waals surface area contributed by atoms with E-state index in [4.69, 9.17) is 0 Å². The molecule has 0 atom stereocenters. The van der Waals surface area contributed by atoms with Gasteiger partial charge < -0.3 is 9.30 Å². The Hall–Kier alpha value is -2.07. The first-order valence-corrected chi connectivity index (χ1v) is 10.9. The standard InChI is InChI=1S/C19H24F3N3O3S/c1-14(2)18-23-9-12-24(18)13-15-7-10-25(11-8-15)29(26,27)17-5-3-16(4-6-17)28-19(20,21)22/h3-6,9,12,14-15H,7-8,10-11,13H2,1-2H3. The van der Waals surface area contributed by atoms with Gasteiger partial charge in [-0.2, -0.15) is 4.31 Å². The van der Waals surface area contributed by atoms with Crippen LogP contribution in [-0.2, 0) is 16.6 Å². The molecule has 0 aliphatic carbocycles. The highest BCUT2D eigenvalue weighted by Crippen LogP contribution is 2.28. The molecular formula is C19H24F3N3O3S. The molecule has 29 heavy (non-hydrogen) atoms. The summed E-state index contributed by atoms with van der Waals surface area (Å²) in [6.45, 7) is 5.71. The maximum atomic E-state index is 12.8. The van der Waals surface area contributed by atoms with Crippen LogP contribution in [0.15, 0.2) is 41.6 Å². The highest BCUT2D eigenvalue weighted by atomic mass is 32.2. The van der Waals surface area contributed by atoms with E-state index in [0.29, 0.717) is 37.8 Å². The second-order valence-electron chi connectivity index (χ2n) is 7.46. The maximum Gasteiger partial charge on any atom is 0.573 e. The first kappa shape index (κ1) is 21.6. The first-order valence-electron chi connectivity index (χ1n) is 9.43. The molecule has 160 valence electrons. The van der Waals surface area contributed by atoms with Crippen molar-refractivity contribution in [3.8, 4) is 5.75 Å². The lowest BCUT2D eigenvalue weighted by molar-refractivity contribution is -0.274. The second kappa shape index (κ2) is 8.35. The molecule has 0 saturated carbocycles. The van der Waals surface area contributed by atoms with E-state index in [0.717, 1.165) is 36.6 Å². The number of rotatable bonds is 6. The predicted molar refractivity (Wildman–Crippen MR) is 101 cm³/mol. The van der Waals surface area contributed by atoms with Crippen molar-refractivity contribution in [2.45, 2.75) is 50.4 Å². The van der Waals surface area contributed by atoms with Crippen molar-refractivity contribution in [3.05, 3.63) is 42.5 Å². The summed E-state index contributed by atoms with van der Waals surface area (Å²) in [6.07, 6.45) is 0.339. The Morgan fingerprint density at radius 1 is 1.17 bits per heavy atom. The highest BCUT2D eigenvalue weighted by molar-refractivity contribution is 7.89. The van der Waals surface area contributed by atoms with Crippen molar-refractivity contribution >= 4 is 10.0 Å². The zero-order valence-corrected chi connectivity index (χ0v) is 17.1. The second-order valence-corrected chi connectivity index (χ2v) is 9.40. The fourth-order valence-corrected chi connectivity index (χ4v) is 5.02. The number of nitrogens with zero attached hydrogens (tertiary/aromatic N) is 3. The largest absolute Gasteiger partial charge is 0.573 e. The Bertz CT molecular complexity index is 916. The smallest absolute Gasteiger partial charge is 0.406 e. The van der Waals surface area contributed by atoms with Gasteiger partial charge in [0.15, 0.2) is 0 Å². The fraction of sp³-hybridized carbons (Fsp3) is 0.526. The summed E-state index contributed by atoms with van der Waals surface area (Å²) in [5, 5.41) is 0. The van der Waals surface area contributed by atoms with Crippen molar-refractivity contribution in [1.82, 2.24) is 13.9 Å². The number of alkyl halides is 3. The summed E-state index contributed by atoms with van der Waals surface area (Å²) in [5.41, 5.74) is 0. The van der Waals surface area contributed by atoms with Gasteiger partial charge in [0.1, 0.15) is 11.6 Å². The average molecular weight is 431 g/mol. The Morgan fingerprint density at radius 3 is 2.34 bits per heavy atom. The number of ether oxygens (including phenoxy) is 1. The molecule has 1 aromatic heterocycles. The summed E-state index contributed by atoms with van der Waals surface area (Å²) in [6, 6.07) is 4.31. The quantitative estimate of drug-likeness (QED) is 0.693. The van der Waals surface area contributed by atoms with Crippen LogP contribution in [0.5, 0.6) is 5.75 Å². The van der Waals surface area contributed by atoms with Gasteiger partial charge in [0, 0.05) is 37.9 Å². The first-order chi connectivity index (χ1) is 13.6. The van der Waals surface area contributed by atoms with Crippen LogP contribution in [0, 0.1) is 5.92 Å². The van der Waals surface area contributed by atoms with Crippen LogP contribution in [0.25, 0.3) is 0 Å². The minimum atomic E-state index is -4.81. The molecule has 1 fully saturated rings. The van der Waals surface area contributed by atoms with Gasteiger partial charge in [0.05, 0.1) is 4.90 Å². The van der Waals surface area contributed by atoms with Gasteiger partial charge in [0.2, 0.25) is 10.0 Å². The topological polar surface area (TPSA) is 64.4 Å². The Kier molecular flexibility index (Phi) is 6.23. The molecule has 1 aliphatic heterocycles. The molecule has 0 spiro atoms. The SMILES string of the molecule is CC(C)c1nccn1CC1CCN(S(=O)(=O)c2ccc(OC(F)(F)F)cc2)CC1. The third-order valence-electron chi connectivity index (χ3n) is 4.99. The number of hydrogen-bond acceptors (Lipinski definition) is 4. The van der Waals surface area contributed by atoms with E-state index in [9.17, 15) is 21.6 Å². The number of hydrogen-bond donors (Lipinski definition) is 0. The lowest BCUT2D eigenvalue weighted by atomic mass is 9.98. The van der Waals surface area contributed by atoms with Gasteiger partial charge in [-0.15, -0.1) is 13.2 Å². The van der Waals surface area contributed by atoms with Gasteiger partial charge in [-0.05, 0) is 43.0 Å². The summed E-state index contributed by atoms with van der Waals surface area (Å²) in [4.78, 5) is 4.34. The van der Waals surface area contributed by atoms with E-state index in [1.165, 1.54) is 4.31 Å². The molecule has 0 amide bonds. The molecule has 6 nitrogen and oxygen atoms in total. The van der Waals surface area contributed by atoms with Crippen LogP contribution in [0.4, 0.5) is 13.2 Å². The number of piperidine rings is 1. The summed E-state index contributed by atoms with van der Waals surface area (Å²) in [5.74, 6) is 1.23. The molecule has 1 aromatic carbocycles. The van der Waals surface area contributed by atoms with Crippen molar-refractivity contribution in [2.75, 3.05) is 13.1 Å². The molecule has 0 N–H and O–H groups in total. The van der Waals surface area contributed by atoms with Crippen LogP contribution in [0.3, 0.4) is 0 Å². The molecule has 0 bridgehead atoms. The Morgan fingerprint density at radius 2 is 1.79 bits per heavy atom. The van der Waals surface area contributed by atoms with Crippen molar-refractivity contribution < 1.29 is 26.3 Å². The van der Waals surface area contributed by atoms with Crippen LogP contribution in [-0.4, -0.2) is 41.7 Å². The van der Waals surface area contributed by atoms with Gasteiger partial charge in [-0.25, -0.2) is 13.4 Å². The molecule has 1 saturated heterocycles. The van der Waals surface area contributed by atoms with Gasteiger partial charge >= 0.3 is 6.36 Å². The fourth-order valence-electron chi connectivity index (χ4n) is 3.55. The maximum absolute atomic E-state index is 12.8. The van der Waals surface area contributed by atoms with E-state index in [1.54, 1.807) is 6.20 Å². The molecule has 2 aromatic rings. The van der Waals surface area contributed by atoms with Gasteiger partial charge in [0.25, 0.3) is 0 Å². The highest BCUT2D eigenvalue weighted by Gasteiger charge is 2.32. The van der Waals surface area contributed by atoms with Crippen LogP contribution in [0.2, 0.25) is 0 Å². The lowest BCUT2D eigenvalue weighted by Gasteiger charge is -2.31. The average Bonchev–Trinajstić information content (AvgIpc) is 3.10. The number of aromatic nitrogens is 2. The van der Waals surface area contributed by atoms with E-state index in [1.807, 2.05) is 6.20 Å². The van der Waals surface area contributed by atoms with E-state index in [-0.39, 0.29) is 4.90 Å². The number of imidazole rings is 1. The Balaban J connectivity index is 1.61. The van der Waals surface area contributed by atoms with Gasteiger partial charge in [-0.3, -0.25) is 0 Å². The normalized spacial score (nSPS) is 17.0. The monoisotopic (exact) mass is 431 g/mol. The predicted octanol–water partition coefficient (Wildman–Crippen LogP) is 4.01. The summed E-state index contributed by atoms with van der Waals surface area (Å²) in [7, 11) is -3.75.